The van der Waals surface area contributed by atoms with Gasteiger partial charge in [0.2, 0.25) is 10.3 Å². The zero-order chi connectivity index (χ0) is 36.4. The number of anilines is 2. The largest absolute Gasteiger partial charge is 0.344 e. The third-order valence-electron chi connectivity index (χ3n) is 11.5. The van der Waals surface area contributed by atoms with E-state index < -0.39 is 11.6 Å². The molecule has 8 nitrogen and oxygen atoms in total. The van der Waals surface area contributed by atoms with E-state index in [9.17, 15) is 13.2 Å². The predicted octanol–water partition coefficient (Wildman–Crippen LogP) is 9.01. The number of hydrogen-bond donors (Lipinski definition) is 0. The first kappa shape index (κ1) is 38.2. The second-order valence-corrected chi connectivity index (χ2v) is 16.6. The molecule has 4 aliphatic rings. The van der Waals surface area contributed by atoms with Crippen LogP contribution < -0.4 is 9.80 Å². The minimum absolute atomic E-state index is 0.245. The first-order valence-electron chi connectivity index (χ1n) is 19.8. The number of nitrogens with zero attached hydrogens (tertiary/aromatic N) is 8. The number of benzene rings is 2. The minimum atomic E-state index is -0.865. The van der Waals surface area contributed by atoms with E-state index in [1.54, 1.807) is 6.07 Å². The summed E-state index contributed by atoms with van der Waals surface area (Å²) < 4.78 is 48.7. The van der Waals surface area contributed by atoms with Crippen molar-refractivity contribution in [2.24, 2.45) is 11.8 Å². The average Bonchev–Trinajstić information content (AvgIpc) is 3.91. The van der Waals surface area contributed by atoms with E-state index in [2.05, 4.69) is 38.3 Å². The molecule has 2 aromatic carbocycles. The highest BCUT2D eigenvalue weighted by atomic mass is 32.1. The van der Waals surface area contributed by atoms with Gasteiger partial charge >= 0.3 is 0 Å². The van der Waals surface area contributed by atoms with Crippen LogP contribution in [0.15, 0.2) is 42.5 Å². The number of aromatic nitrogens is 4. The smallest absolute Gasteiger partial charge is 0.205 e. The van der Waals surface area contributed by atoms with Gasteiger partial charge in [-0.3, -0.25) is 9.80 Å². The quantitative estimate of drug-likeness (QED) is 0.159. The molecular formula is C40H53F3N8S2. The fourth-order valence-electron chi connectivity index (χ4n) is 8.19. The van der Waals surface area contributed by atoms with Crippen molar-refractivity contribution in [2.45, 2.75) is 77.0 Å². The van der Waals surface area contributed by atoms with Gasteiger partial charge in [0.05, 0.1) is 0 Å². The van der Waals surface area contributed by atoms with E-state index >= 15 is 0 Å². The van der Waals surface area contributed by atoms with Crippen LogP contribution in [0.25, 0.3) is 22.8 Å². The van der Waals surface area contributed by atoms with E-state index in [0.29, 0.717) is 17.2 Å². The van der Waals surface area contributed by atoms with Crippen LogP contribution in [-0.2, 0) is 0 Å². The van der Waals surface area contributed by atoms with Gasteiger partial charge in [0.15, 0.2) is 23.3 Å². The number of rotatable bonds is 10. The predicted molar refractivity (Wildman–Crippen MR) is 210 cm³/mol. The van der Waals surface area contributed by atoms with E-state index in [4.69, 9.17) is 0 Å². The van der Waals surface area contributed by atoms with Gasteiger partial charge in [-0.05, 0) is 68.1 Å². The third kappa shape index (κ3) is 10.8. The molecular weight excluding hydrogens is 714 g/mol. The van der Waals surface area contributed by atoms with Gasteiger partial charge in [-0.15, -0.1) is 0 Å². The molecule has 0 atom stereocenters. The van der Waals surface area contributed by atoms with Crippen molar-refractivity contribution >= 4 is 33.3 Å². The number of piperazine rings is 2. The van der Waals surface area contributed by atoms with Crippen molar-refractivity contribution in [3.05, 3.63) is 59.9 Å². The maximum absolute atomic E-state index is 13.4. The molecule has 2 aromatic heterocycles. The Bertz CT molecular complexity index is 1710. The highest BCUT2D eigenvalue weighted by Crippen LogP contribution is 2.30. The Hall–Kier alpha value is -3.13. The van der Waals surface area contributed by atoms with Crippen molar-refractivity contribution in [2.75, 3.05) is 75.2 Å². The molecule has 8 rings (SSSR count). The molecule has 4 fully saturated rings. The van der Waals surface area contributed by atoms with E-state index in [-0.39, 0.29) is 5.82 Å². The first-order valence-corrected chi connectivity index (χ1v) is 21.3. The molecule has 0 N–H and O–H groups in total. The summed E-state index contributed by atoms with van der Waals surface area (Å²) in [5.41, 5.74) is 1.26. The lowest BCUT2D eigenvalue weighted by atomic mass is 9.87. The second-order valence-electron chi connectivity index (χ2n) is 15.2. The summed E-state index contributed by atoms with van der Waals surface area (Å²) >= 11 is 2.75. The molecule has 13 heteroatoms. The maximum Gasteiger partial charge on any atom is 0.205 e. The molecule has 2 saturated carbocycles. The summed E-state index contributed by atoms with van der Waals surface area (Å²) in [5.74, 6) is 1.02. The van der Waals surface area contributed by atoms with Crippen LogP contribution in [-0.4, -0.2) is 94.0 Å². The van der Waals surface area contributed by atoms with Gasteiger partial charge in [0.25, 0.3) is 0 Å². The van der Waals surface area contributed by atoms with Gasteiger partial charge in [-0.25, -0.2) is 13.2 Å². The summed E-state index contributed by atoms with van der Waals surface area (Å²) in [6.07, 6.45) is 17.0. The van der Waals surface area contributed by atoms with Crippen LogP contribution in [0.3, 0.4) is 0 Å². The Kier molecular flexibility index (Phi) is 13.6. The molecule has 0 spiro atoms. The molecule has 2 saturated heterocycles. The third-order valence-corrected chi connectivity index (χ3v) is 13.1. The Morgan fingerprint density at radius 1 is 0.547 bits per heavy atom. The van der Waals surface area contributed by atoms with Crippen LogP contribution in [0, 0.1) is 29.3 Å². The van der Waals surface area contributed by atoms with Crippen LogP contribution in [0.2, 0.25) is 0 Å². The van der Waals surface area contributed by atoms with Crippen LogP contribution >= 0.6 is 23.1 Å². The standard InChI is InChI=1S/C20H26F2N4S.C20H27FN4S/c21-17-7-6-16(14-18(17)22)19-23-20(27-24-19)26-12-10-25(11-13-26)9-8-15-4-2-1-3-5-15;21-18-8-4-7-17(15-18)19-22-20(26-23-19)25-13-11-24(12-14-25)10-9-16-5-2-1-3-6-16/h6-7,14-15H,1-5,8-13H2;4,7-8,15-16H,1-3,5-6,9-14H2. The summed E-state index contributed by atoms with van der Waals surface area (Å²) in [6, 6.07) is 10.3. The molecule has 2 aliphatic heterocycles. The SMILES string of the molecule is Fc1ccc(-c2nsc(N3CCN(CCC4CCCCC4)CC3)n2)cc1F.Fc1cccc(-c2nsc(N3CCN(CCC4CCCCC4)CC3)n2)c1. The highest BCUT2D eigenvalue weighted by molar-refractivity contribution is 7.10. The monoisotopic (exact) mass is 766 g/mol. The van der Waals surface area contributed by atoms with Crippen LogP contribution in [0.5, 0.6) is 0 Å². The van der Waals surface area contributed by atoms with Gasteiger partial charge in [0, 0.05) is 86.5 Å². The Balaban J connectivity index is 0.000000164. The van der Waals surface area contributed by atoms with Gasteiger partial charge < -0.3 is 9.80 Å². The lowest BCUT2D eigenvalue weighted by Crippen LogP contribution is -2.46. The molecule has 0 bridgehead atoms. The van der Waals surface area contributed by atoms with Crippen molar-refractivity contribution in [1.82, 2.24) is 28.5 Å². The minimum Gasteiger partial charge on any atom is -0.344 e. The molecule has 4 heterocycles. The first-order chi connectivity index (χ1) is 26.0. The summed E-state index contributed by atoms with van der Waals surface area (Å²) in [5, 5.41) is 1.82. The molecule has 53 heavy (non-hydrogen) atoms. The van der Waals surface area contributed by atoms with Gasteiger partial charge in [-0.1, -0.05) is 76.3 Å². The number of halogens is 3. The van der Waals surface area contributed by atoms with Crippen molar-refractivity contribution < 1.29 is 13.2 Å². The Morgan fingerprint density at radius 3 is 1.51 bits per heavy atom. The Morgan fingerprint density at radius 2 is 1.04 bits per heavy atom. The normalized spacial score (nSPS) is 19.7. The van der Waals surface area contributed by atoms with Crippen molar-refractivity contribution in [3.8, 4) is 22.8 Å². The summed E-state index contributed by atoms with van der Waals surface area (Å²) in [7, 11) is 0. The molecule has 0 radical (unpaired) electrons. The maximum atomic E-state index is 13.4. The molecule has 0 unspecified atom stereocenters. The molecule has 0 amide bonds. The Labute approximate surface area is 320 Å². The highest BCUT2D eigenvalue weighted by Gasteiger charge is 2.24. The summed E-state index contributed by atoms with van der Waals surface area (Å²) in [4.78, 5) is 18.9. The van der Waals surface area contributed by atoms with Crippen molar-refractivity contribution in [1.29, 1.82) is 0 Å². The second kappa shape index (κ2) is 19.0. The zero-order valence-electron chi connectivity index (χ0n) is 30.8. The lowest BCUT2D eigenvalue weighted by Gasteiger charge is -2.35. The average molecular weight is 767 g/mol. The lowest BCUT2D eigenvalue weighted by molar-refractivity contribution is 0.221. The fourth-order valence-corrected chi connectivity index (χ4v) is 9.67. The van der Waals surface area contributed by atoms with Crippen molar-refractivity contribution in [3.63, 3.8) is 0 Å². The molecule has 286 valence electrons. The van der Waals surface area contributed by atoms with Crippen LogP contribution in [0.1, 0.15) is 77.0 Å². The number of hydrogen-bond acceptors (Lipinski definition) is 10. The van der Waals surface area contributed by atoms with E-state index in [1.165, 1.54) is 131 Å². The van der Waals surface area contributed by atoms with E-state index in [1.807, 2.05) is 6.07 Å². The van der Waals surface area contributed by atoms with Gasteiger partial charge in [0.1, 0.15) is 5.82 Å². The van der Waals surface area contributed by atoms with Crippen LogP contribution in [0.4, 0.5) is 23.4 Å². The topological polar surface area (TPSA) is 64.5 Å². The summed E-state index contributed by atoms with van der Waals surface area (Å²) in [6.45, 7) is 10.6. The van der Waals surface area contributed by atoms with E-state index in [0.717, 1.165) is 92.2 Å². The molecule has 4 aromatic rings. The fraction of sp³-hybridized carbons (Fsp3) is 0.600. The zero-order valence-corrected chi connectivity index (χ0v) is 32.4. The molecule has 2 aliphatic carbocycles. The van der Waals surface area contributed by atoms with Gasteiger partial charge in [-0.2, -0.15) is 18.7 Å².